The van der Waals surface area contributed by atoms with Gasteiger partial charge in [0, 0.05) is 38.4 Å². The van der Waals surface area contributed by atoms with Crippen molar-refractivity contribution in [1.82, 2.24) is 15.2 Å². The molecule has 3 atom stereocenters. The standard InChI is InChI=1S/C16H23N3O2/c1-17-16(20)7-15-14-4-6-19(10-13(14)11-21-15)9-12-3-2-5-18-8-12/h2-3,5,8,13-15H,4,6-7,9-11H2,1H3,(H,17,20)/t13-,14-,15+/m1/s1. The fraction of sp³-hybridized carbons (Fsp3) is 0.625. The Morgan fingerprint density at radius 2 is 2.48 bits per heavy atom. The van der Waals surface area contributed by atoms with E-state index in [0.29, 0.717) is 18.3 Å². The van der Waals surface area contributed by atoms with Gasteiger partial charge in [-0.3, -0.25) is 14.7 Å². The second kappa shape index (κ2) is 6.54. The summed E-state index contributed by atoms with van der Waals surface area (Å²) in [6.07, 6.45) is 5.47. The second-order valence-corrected chi connectivity index (χ2v) is 6.06. The number of aromatic nitrogens is 1. The number of hydrogen-bond donors (Lipinski definition) is 1. The van der Waals surface area contributed by atoms with Crippen molar-refractivity contribution in [3.05, 3.63) is 30.1 Å². The van der Waals surface area contributed by atoms with Crippen LogP contribution in [-0.2, 0) is 16.1 Å². The van der Waals surface area contributed by atoms with E-state index in [4.69, 9.17) is 4.74 Å². The van der Waals surface area contributed by atoms with Crippen molar-refractivity contribution in [2.45, 2.75) is 25.5 Å². The molecule has 5 nitrogen and oxygen atoms in total. The van der Waals surface area contributed by atoms with E-state index in [1.165, 1.54) is 5.56 Å². The Kier molecular flexibility index (Phi) is 4.51. The van der Waals surface area contributed by atoms with Gasteiger partial charge in [0.25, 0.3) is 0 Å². The van der Waals surface area contributed by atoms with Gasteiger partial charge in [-0.1, -0.05) is 6.07 Å². The number of pyridine rings is 1. The van der Waals surface area contributed by atoms with Crippen LogP contribution < -0.4 is 5.32 Å². The molecule has 0 radical (unpaired) electrons. The molecule has 2 aliphatic heterocycles. The summed E-state index contributed by atoms with van der Waals surface area (Å²) in [7, 11) is 1.69. The SMILES string of the molecule is CNC(=O)C[C@@H]1OC[C@H]2CN(Cc3cccnc3)CC[C@H]21. The lowest BCUT2D eigenvalue weighted by Gasteiger charge is -2.35. The van der Waals surface area contributed by atoms with E-state index < -0.39 is 0 Å². The zero-order chi connectivity index (χ0) is 14.7. The molecular formula is C16H23N3O2. The molecule has 1 amide bonds. The fourth-order valence-corrected chi connectivity index (χ4v) is 3.55. The lowest BCUT2D eigenvalue weighted by Crippen LogP contribution is -2.41. The molecule has 3 heterocycles. The first-order valence-electron chi connectivity index (χ1n) is 7.69. The highest BCUT2D eigenvalue weighted by atomic mass is 16.5. The predicted molar refractivity (Wildman–Crippen MR) is 79.5 cm³/mol. The molecule has 5 heteroatoms. The van der Waals surface area contributed by atoms with Gasteiger partial charge in [-0.25, -0.2) is 0 Å². The van der Waals surface area contributed by atoms with Crippen LogP contribution in [0.2, 0.25) is 0 Å². The molecule has 0 aromatic carbocycles. The summed E-state index contributed by atoms with van der Waals surface area (Å²) in [5.74, 6) is 1.18. The molecule has 0 spiro atoms. The van der Waals surface area contributed by atoms with E-state index in [2.05, 4.69) is 21.3 Å². The summed E-state index contributed by atoms with van der Waals surface area (Å²) < 4.78 is 5.87. The number of nitrogens with one attached hydrogen (secondary N) is 1. The molecular weight excluding hydrogens is 266 g/mol. The van der Waals surface area contributed by atoms with Crippen LogP contribution in [0.15, 0.2) is 24.5 Å². The van der Waals surface area contributed by atoms with Gasteiger partial charge in [0.05, 0.1) is 19.1 Å². The summed E-state index contributed by atoms with van der Waals surface area (Å²) >= 11 is 0. The van der Waals surface area contributed by atoms with Gasteiger partial charge in [0.2, 0.25) is 5.91 Å². The number of carbonyl (C=O) groups is 1. The highest BCUT2D eigenvalue weighted by Crippen LogP contribution is 2.36. The maximum atomic E-state index is 11.5. The number of likely N-dealkylation sites (tertiary alicyclic amines) is 1. The van der Waals surface area contributed by atoms with Crippen molar-refractivity contribution in [3.8, 4) is 0 Å². The van der Waals surface area contributed by atoms with Crippen molar-refractivity contribution in [2.75, 3.05) is 26.7 Å². The fourth-order valence-electron chi connectivity index (χ4n) is 3.55. The third-order valence-corrected chi connectivity index (χ3v) is 4.67. The van der Waals surface area contributed by atoms with Gasteiger partial charge in [0.15, 0.2) is 0 Å². The van der Waals surface area contributed by atoms with Crippen LogP contribution in [0, 0.1) is 11.8 Å². The maximum absolute atomic E-state index is 11.5. The molecule has 1 aromatic heterocycles. The van der Waals surface area contributed by atoms with Crippen molar-refractivity contribution in [3.63, 3.8) is 0 Å². The Labute approximate surface area is 125 Å². The van der Waals surface area contributed by atoms with E-state index in [0.717, 1.165) is 32.7 Å². The Balaban J connectivity index is 1.54. The number of rotatable bonds is 4. The molecule has 2 fully saturated rings. The summed E-state index contributed by atoms with van der Waals surface area (Å²) in [5, 5.41) is 2.69. The summed E-state index contributed by atoms with van der Waals surface area (Å²) in [6.45, 7) is 3.88. The van der Waals surface area contributed by atoms with E-state index in [1.54, 1.807) is 7.05 Å². The largest absolute Gasteiger partial charge is 0.377 e. The van der Waals surface area contributed by atoms with Gasteiger partial charge in [0.1, 0.15) is 0 Å². The van der Waals surface area contributed by atoms with E-state index in [9.17, 15) is 4.79 Å². The molecule has 114 valence electrons. The normalized spacial score (nSPS) is 29.1. The first-order valence-corrected chi connectivity index (χ1v) is 7.69. The predicted octanol–water partition coefficient (Wildman–Crippen LogP) is 1.05. The number of nitrogens with zero attached hydrogens (tertiary/aromatic N) is 2. The number of amides is 1. The van der Waals surface area contributed by atoms with Crippen molar-refractivity contribution >= 4 is 5.91 Å². The number of carbonyl (C=O) groups excluding carboxylic acids is 1. The molecule has 0 saturated carbocycles. The highest BCUT2D eigenvalue weighted by molar-refractivity contribution is 5.76. The molecule has 0 bridgehead atoms. The molecule has 21 heavy (non-hydrogen) atoms. The molecule has 0 aliphatic carbocycles. The first-order chi connectivity index (χ1) is 10.3. The molecule has 3 rings (SSSR count). The van der Waals surface area contributed by atoms with Crippen LogP contribution in [0.25, 0.3) is 0 Å². The molecule has 1 N–H and O–H groups in total. The van der Waals surface area contributed by atoms with Gasteiger partial charge in [-0.15, -0.1) is 0 Å². The van der Waals surface area contributed by atoms with Crippen LogP contribution in [0.1, 0.15) is 18.4 Å². The van der Waals surface area contributed by atoms with Crippen LogP contribution in [-0.4, -0.2) is 48.6 Å². The van der Waals surface area contributed by atoms with Gasteiger partial charge < -0.3 is 10.1 Å². The molecule has 0 unspecified atom stereocenters. The Morgan fingerprint density at radius 1 is 1.57 bits per heavy atom. The smallest absolute Gasteiger partial charge is 0.222 e. The lowest BCUT2D eigenvalue weighted by molar-refractivity contribution is -0.123. The molecule has 2 saturated heterocycles. The maximum Gasteiger partial charge on any atom is 0.222 e. The van der Waals surface area contributed by atoms with E-state index in [-0.39, 0.29) is 12.0 Å². The van der Waals surface area contributed by atoms with Gasteiger partial charge >= 0.3 is 0 Å². The quantitative estimate of drug-likeness (QED) is 0.900. The Morgan fingerprint density at radius 3 is 3.24 bits per heavy atom. The monoisotopic (exact) mass is 289 g/mol. The summed E-state index contributed by atoms with van der Waals surface area (Å²) in [4.78, 5) is 18.2. The zero-order valence-electron chi connectivity index (χ0n) is 12.5. The Hall–Kier alpha value is -1.46. The second-order valence-electron chi connectivity index (χ2n) is 6.06. The van der Waals surface area contributed by atoms with Crippen LogP contribution in [0.4, 0.5) is 0 Å². The number of ether oxygens (including phenoxy) is 1. The Bertz CT molecular complexity index is 480. The van der Waals surface area contributed by atoms with E-state index in [1.807, 2.05) is 18.5 Å². The lowest BCUT2D eigenvalue weighted by atomic mass is 9.83. The number of piperidine rings is 1. The highest BCUT2D eigenvalue weighted by Gasteiger charge is 2.41. The van der Waals surface area contributed by atoms with Gasteiger partial charge in [-0.2, -0.15) is 0 Å². The minimum Gasteiger partial charge on any atom is -0.377 e. The number of hydrogen-bond acceptors (Lipinski definition) is 4. The third-order valence-electron chi connectivity index (χ3n) is 4.67. The summed E-state index contributed by atoms with van der Waals surface area (Å²) in [6, 6.07) is 4.11. The van der Waals surface area contributed by atoms with Crippen molar-refractivity contribution in [1.29, 1.82) is 0 Å². The first kappa shape index (κ1) is 14.5. The topological polar surface area (TPSA) is 54.5 Å². The zero-order valence-corrected chi connectivity index (χ0v) is 12.5. The van der Waals surface area contributed by atoms with Crippen LogP contribution >= 0.6 is 0 Å². The number of fused-ring (bicyclic) bond motifs is 1. The average Bonchev–Trinajstić information content (AvgIpc) is 2.90. The van der Waals surface area contributed by atoms with Crippen LogP contribution in [0.3, 0.4) is 0 Å². The average molecular weight is 289 g/mol. The summed E-state index contributed by atoms with van der Waals surface area (Å²) in [5.41, 5.74) is 1.26. The minimum atomic E-state index is 0.0819. The minimum absolute atomic E-state index is 0.0819. The van der Waals surface area contributed by atoms with Crippen molar-refractivity contribution < 1.29 is 9.53 Å². The molecule has 2 aliphatic rings. The van der Waals surface area contributed by atoms with Gasteiger partial charge in [-0.05, 0) is 30.5 Å². The van der Waals surface area contributed by atoms with Crippen molar-refractivity contribution in [2.24, 2.45) is 11.8 Å². The van der Waals surface area contributed by atoms with E-state index >= 15 is 0 Å². The van der Waals surface area contributed by atoms with Crippen LogP contribution in [0.5, 0.6) is 0 Å². The third kappa shape index (κ3) is 3.41. The molecule has 1 aromatic rings.